The van der Waals surface area contributed by atoms with Crippen molar-refractivity contribution in [3.05, 3.63) is 35.9 Å². The topological polar surface area (TPSA) is 304 Å². The molecule has 0 fully saturated rings. The molecule has 0 saturated carbocycles. The molecule has 0 heterocycles. The third-order valence-corrected chi connectivity index (χ3v) is 6.06. The Hall–Kier alpha value is -4.49. The fourth-order valence-electron chi connectivity index (χ4n) is 3.57. The SMILES string of the molecule is CC(NC(=O)CCC(NC(=O)C(CO)NC(=O)CO[C@@H]([C@H](O)[C@H](O)CO)[C@H](C=O)NC(=O)c1ccccc1)C(N)=O)C(=O)O. The van der Waals surface area contributed by atoms with Crippen LogP contribution in [0.4, 0.5) is 0 Å². The number of aliphatic hydroxyl groups excluding tert-OH is 4. The second-order valence-corrected chi connectivity index (χ2v) is 9.45. The van der Waals surface area contributed by atoms with Crippen LogP contribution in [0.25, 0.3) is 0 Å². The van der Waals surface area contributed by atoms with E-state index in [2.05, 4.69) is 21.3 Å². The molecule has 0 aliphatic carbocycles. The van der Waals surface area contributed by atoms with Crippen molar-refractivity contribution in [1.82, 2.24) is 21.3 Å². The maximum absolute atomic E-state index is 12.6. The van der Waals surface area contributed by atoms with E-state index in [1.165, 1.54) is 19.1 Å². The Morgan fingerprint density at radius 3 is 2.07 bits per heavy atom. The van der Waals surface area contributed by atoms with Gasteiger partial charge in [-0.05, 0) is 25.5 Å². The highest BCUT2D eigenvalue weighted by atomic mass is 16.5. The zero-order valence-electron chi connectivity index (χ0n) is 23.6. The molecule has 18 heteroatoms. The highest BCUT2D eigenvalue weighted by molar-refractivity contribution is 5.96. The first-order valence-electron chi connectivity index (χ1n) is 13.2. The van der Waals surface area contributed by atoms with E-state index in [-0.39, 0.29) is 18.3 Å². The Bertz CT molecular complexity index is 1150. The van der Waals surface area contributed by atoms with Crippen LogP contribution in [0.15, 0.2) is 30.3 Å². The minimum atomic E-state index is -1.98. The molecule has 0 bridgehead atoms. The molecule has 0 aromatic heterocycles. The first-order valence-corrected chi connectivity index (χ1v) is 13.2. The summed E-state index contributed by atoms with van der Waals surface area (Å²) in [6.45, 7) is -1.74. The number of aliphatic hydroxyl groups is 4. The summed E-state index contributed by atoms with van der Waals surface area (Å²) in [5, 5.41) is 56.7. The number of nitrogens with two attached hydrogens (primary N) is 1. The zero-order valence-corrected chi connectivity index (χ0v) is 23.6. The number of hydrogen-bond donors (Lipinski definition) is 10. The van der Waals surface area contributed by atoms with E-state index in [0.29, 0.717) is 0 Å². The number of amides is 5. The van der Waals surface area contributed by atoms with Crippen LogP contribution in [-0.2, 0) is 33.5 Å². The smallest absolute Gasteiger partial charge is 0.325 e. The van der Waals surface area contributed by atoms with Gasteiger partial charge in [-0.1, -0.05) is 18.2 Å². The molecule has 44 heavy (non-hydrogen) atoms. The lowest BCUT2D eigenvalue weighted by molar-refractivity contribution is -0.144. The Labute approximate surface area is 250 Å². The van der Waals surface area contributed by atoms with Crippen molar-refractivity contribution in [3.63, 3.8) is 0 Å². The number of aldehydes is 1. The number of primary amides is 1. The lowest BCUT2D eigenvalue weighted by Crippen LogP contribution is -2.57. The summed E-state index contributed by atoms with van der Waals surface area (Å²) >= 11 is 0. The van der Waals surface area contributed by atoms with Gasteiger partial charge in [0, 0.05) is 12.0 Å². The molecule has 1 aromatic rings. The van der Waals surface area contributed by atoms with E-state index in [4.69, 9.17) is 15.6 Å². The van der Waals surface area contributed by atoms with E-state index < -0.39 is 104 Å². The average Bonchev–Trinajstić information content (AvgIpc) is 3.00. The number of aliphatic carboxylic acids is 1. The van der Waals surface area contributed by atoms with Gasteiger partial charge in [-0.2, -0.15) is 0 Å². The lowest BCUT2D eigenvalue weighted by Gasteiger charge is -2.30. The van der Waals surface area contributed by atoms with Crippen molar-refractivity contribution >= 4 is 41.8 Å². The van der Waals surface area contributed by atoms with Crippen LogP contribution in [0.1, 0.15) is 30.1 Å². The predicted molar refractivity (Wildman–Crippen MR) is 147 cm³/mol. The van der Waals surface area contributed by atoms with Crippen LogP contribution in [0.2, 0.25) is 0 Å². The average molecular weight is 628 g/mol. The summed E-state index contributed by atoms with van der Waals surface area (Å²) < 4.78 is 5.28. The molecule has 3 unspecified atom stereocenters. The third kappa shape index (κ3) is 12.4. The van der Waals surface area contributed by atoms with Crippen LogP contribution in [0.5, 0.6) is 0 Å². The van der Waals surface area contributed by atoms with Crippen molar-refractivity contribution in [1.29, 1.82) is 0 Å². The fraction of sp³-hybridized carbons (Fsp3) is 0.500. The first-order chi connectivity index (χ1) is 20.7. The van der Waals surface area contributed by atoms with Crippen molar-refractivity contribution < 1.29 is 63.8 Å². The molecular formula is C26H37N5O13. The van der Waals surface area contributed by atoms with Crippen LogP contribution in [-0.4, -0.2) is 130 Å². The minimum absolute atomic E-state index is 0.134. The van der Waals surface area contributed by atoms with Crippen molar-refractivity contribution in [3.8, 4) is 0 Å². The Kier molecular flexibility index (Phi) is 16.1. The molecule has 0 radical (unpaired) electrons. The Morgan fingerprint density at radius 1 is 0.909 bits per heavy atom. The van der Waals surface area contributed by atoms with Gasteiger partial charge in [-0.15, -0.1) is 0 Å². The van der Waals surface area contributed by atoms with Gasteiger partial charge in [0.2, 0.25) is 23.6 Å². The van der Waals surface area contributed by atoms with E-state index in [1.54, 1.807) is 18.2 Å². The molecule has 0 saturated heterocycles. The molecule has 0 spiro atoms. The number of benzene rings is 1. The number of hydrogen-bond acceptors (Lipinski definition) is 12. The molecular weight excluding hydrogens is 590 g/mol. The maximum atomic E-state index is 12.6. The van der Waals surface area contributed by atoms with Gasteiger partial charge in [0.15, 0.2) is 0 Å². The Morgan fingerprint density at radius 2 is 1.55 bits per heavy atom. The highest BCUT2D eigenvalue weighted by Gasteiger charge is 2.36. The molecule has 244 valence electrons. The number of nitrogens with one attached hydrogen (secondary N) is 4. The molecule has 11 N–H and O–H groups in total. The highest BCUT2D eigenvalue weighted by Crippen LogP contribution is 2.11. The summed E-state index contributed by atoms with van der Waals surface area (Å²) in [6.07, 6.45) is -6.18. The monoisotopic (exact) mass is 627 g/mol. The van der Waals surface area contributed by atoms with Gasteiger partial charge >= 0.3 is 5.97 Å². The summed E-state index contributed by atoms with van der Waals surface area (Å²) in [5.41, 5.74) is 5.39. The van der Waals surface area contributed by atoms with Gasteiger partial charge in [0.05, 0.1) is 13.2 Å². The van der Waals surface area contributed by atoms with Gasteiger partial charge < -0.3 is 62.1 Å². The summed E-state index contributed by atoms with van der Waals surface area (Å²) in [4.78, 5) is 84.0. The van der Waals surface area contributed by atoms with Gasteiger partial charge in [0.25, 0.3) is 5.91 Å². The molecule has 1 aromatic carbocycles. The van der Waals surface area contributed by atoms with Crippen molar-refractivity contribution in [2.24, 2.45) is 5.73 Å². The zero-order chi connectivity index (χ0) is 33.4. The molecule has 18 nitrogen and oxygen atoms in total. The van der Waals surface area contributed by atoms with Gasteiger partial charge in [-0.3, -0.25) is 28.8 Å². The van der Waals surface area contributed by atoms with E-state index in [0.717, 1.165) is 0 Å². The third-order valence-electron chi connectivity index (χ3n) is 6.06. The van der Waals surface area contributed by atoms with Crippen LogP contribution < -0.4 is 27.0 Å². The lowest BCUT2D eigenvalue weighted by atomic mass is 10.0. The summed E-state index contributed by atoms with van der Waals surface area (Å²) in [5.74, 6) is -6.07. The van der Waals surface area contributed by atoms with Crippen LogP contribution in [0, 0.1) is 0 Å². The van der Waals surface area contributed by atoms with E-state index in [1.807, 2.05) is 0 Å². The van der Waals surface area contributed by atoms with Crippen molar-refractivity contribution in [2.75, 3.05) is 19.8 Å². The predicted octanol–water partition coefficient (Wildman–Crippen LogP) is -5.10. The second kappa shape index (κ2) is 18.9. The molecule has 1 rings (SSSR count). The first kappa shape index (κ1) is 37.5. The summed E-state index contributed by atoms with van der Waals surface area (Å²) in [7, 11) is 0. The maximum Gasteiger partial charge on any atom is 0.325 e. The van der Waals surface area contributed by atoms with Crippen LogP contribution in [0.3, 0.4) is 0 Å². The number of rotatable bonds is 20. The molecule has 0 aliphatic heterocycles. The molecule has 5 amide bonds. The largest absolute Gasteiger partial charge is 0.480 e. The number of ether oxygens (including phenoxy) is 1. The normalized spacial score (nSPS) is 15.7. The summed E-state index contributed by atoms with van der Waals surface area (Å²) in [6, 6.07) is 1.62. The van der Waals surface area contributed by atoms with E-state index >= 15 is 0 Å². The number of carbonyl (C=O) groups is 7. The van der Waals surface area contributed by atoms with Crippen molar-refractivity contribution in [2.45, 2.75) is 62.2 Å². The number of carboxylic acids is 1. The standard InChI is InChI=1S/C26H37N5O13/c1-13(26(42)43)28-19(36)8-7-15(23(27)39)30-25(41)17(10-33)29-20(37)12-44-22(21(38)18(35)11-34)16(9-32)31-24(40)14-5-3-2-4-6-14/h2-6,9,13,15-18,21-22,33-35,38H,7-8,10-12H2,1H3,(H2,27,39)(H,28,36)(H,29,37)(H,30,41)(H,31,40)(H,42,43)/t13?,15?,16-,17?,18+,21+,22+/m0/s1. The fourth-order valence-corrected chi connectivity index (χ4v) is 3.57. The molecule has 7 atom stereocenters. The number of carboxylic acid groups (broad SMARTS) is 1. The second-order valence-electron chi connectivity index (χ2n) is 9.45. The van der Waals surface area contributed by atoms with E-state index in [9.17, 15) is 54.0 Å². The minimum Gasteiger partial charge on any atom is -0.480 e. The number of carbonyl (C=O) groups excluding carboxylic acids is 6. The quantitative estimate of drug-likeness (QED) is 0.0606. The van der Waals surface area contributed by atoms with Gasteiger partial charge in [-0.25, -0.2) is 0 Å². The Balaban J connectivity index is 2.87. The van der Waals surface area contributed by atoms with Crippen LogP contribution >= 0.6 is 0 Å². The molecule has 0 aliphatic rings. The van der Waals surface area contributed by atoms with Gasteiger partial charge in [0.1, 0.15) is 55.4 Å².